The minimum atomic E-state index is -1.30. The van der Waals surface area contributed by atoms with Crippen molar-refractivity contribution in [2.24, 2.45) is 0 Å². The molecular formula is C15H21NO3S. The van der Waals surface area contributed by atoms with Gasteiger partial charge in [-0.1, -0.05) is 24.3 Å². The third-order valence-corrected chi connectivity index (χ3v) is 5.34. The third-order valence-electron chi connectivity index (χ3n) is 3.65. The molecule has 0 amide bonds. The molecule has 0 bridgehead atoms. The Balaban J connectivity index is 2.36. The first-order valence-electron chi connectivity index (χ1n) is 6.74. The molecule has 1 aliphatic carbocycles. The molecule has 1 aliphatic rings. The van der Waals surface area contributed by atoms with Gasteiger partial charge in [0.05, 0.1) is 12.0 Å². The van der Waals surface area contributed by atoms with E-state index in [-0.39, 0.29) is 6.42 Å². The predicted molar refractivity (Wildman–Crippen MR) is 79.7 cm³/mol. The minimum absolute atomic E-state index is 0.0498. The van der Waals surface area contributed by atoms with E-state index in [1.807, 2.05) is 45.0 Å². The van der Waals surface area contributed by atoms with Gasteiger partial charge in [-0.2, -0.15) is 0 Å². The van der Waals surface area contributed by atoms with Crippen molar-refractivity contribution in [1.82, 2.24) is 4.72 Å². The van der Waals surface area contributed by atoms with Gasteiger partial charge in [-0.3, -0.25) is 4.79 Å². The Labute approximate surface area is 122 Å². The van der Waals surface area contributed by atoms with Crippen molar-refractivity contribution in [1.29, 1.82) is 0 Å². The highest BCUT2D eigenvalue weighted by atomic mass is 32.2. The van der Waals surface area contributed by atoms with E-state index < -0.39 is 27.6 Å². The minimum Gasteiger partial charge on any atom is -0.598 e. The second kappa shape index (κ2) is 5.39. The maximum Gasteiger partial charge on any atom is 0.305 e. The van der Waals surface area contributed by atoms with Crippen LogP contribution in [0.1, 0.15) is 44.7 Å². The van der Waals surface area contributed by atoms with E-state index in [2.05, 4.69) is 4.72 Å². The summed E-state index contributed by atoms with van der Waals surface area (Å²) in [6.45, 7) is 5.64. The molecule has 0 spiro atoms. The summed E-state index contributed by atoms with van der Waals surface area (Å²) in [6.07, 6.45) is 1.43. The molecule has 0 saturated heterocycles. The van der Waals surface area contributed by atoms with Crippen LogP contribution in [-0.4, -0.2) is 20.4 Å². The molecule has 0 radical (unpaired) electrons. The summed E-state index contributed by atoms with van der Waals surface area (Å²) in [5.41, 5.74) is 1.40. The van der Waals surface area contributed by atoms with E-state index in [0.29, 0.717) is 6.42 Å². The van der Waals surface area contributed by atoms with Gasteiger partial charge in [-0.05, 0) is 44.7 Å². The Morgan fingerprint density at radius 2 is 2.10 bits per heavy atom. The summed E-state index contributed by atoms with van der Waals surface area (Å²) < 4.78 is 15.1. The van der Waals surface area contributed by atoms with E-state index >= 15 is 0 Å². The second-order valence-corrected chi connectivity index (χ2v) is 8.26. The van der Waals surface area contributed by atoms with Gasteiger partial charge in [0.2, 0.25) is 0 Å². The summed E-state index contributed by atoms with van der Waals surface area (Å²) in [4.78, 5) is 11.3. The average Bonchev–Trinajstić information content (AvgIpc) is 2.67. The van der Waals surface area contributed by atoms with Crippen LogP contribution in [0.25, 0.3) is 0 Å². The molecule has 4 nitrogen and oxygen atoms in total. The number of hydrogen-bond donors (Lipinski definition) is 2. The largest absolute Gasteiger partial charge is 0.598 e. The molecule has 0 aromatic heterocycles. The molecule has 2 atom stereocenters. The summed E-state index contributed by atoms with van der Waals surface area (Å²) in [5, 5.41) is 9.24. The Hall–Kier alpha value is -1.04. The molecule has 5 heteroatoms. The van der Waals surface area contributed by atoms with Crippen molar-refractivity contribution >= 4 is 17.3 Å². The summed E-state index contributed by atoms with van der Waals surface area (Å²) in [5.74, 6) is -0.875. The predicted octanol–water partition coefficient (Wildman–Crippen LogP) is 2.35. The number of carboxylic acids is 1. The topological polar surface area (TPSA) is 72.4 Å². The molecule has 0 fully saturated rings. The van der Waals surface area contributed by atoms with Crippen LogP contribution in [0.2, 0.25) is 0 Å². The number of aliphatic carboxylic acids is 1. The molecule has 0 saturated carbocycles. The number of rotatable bonds is 4. The lowest BCUT2D eigenvalue weighted by atomic mass is 9.89. The lowest BCUT2D eigenvalue weighted by Crippen LogP contribution is -2.51. The van der Waals surface area contributed by atoms with E-state index in [1.54, 1.807) is 0 Å². The first-order chi connectivity index (χ1) is 9.24. The number of aryl methyl sites for hydroxylation is 1. The van der Waals surface area contributed by atoms with E-state index in [0.717, 1.165) is 17.5 Å². The van der Waals surface area contributed by atoms with Crippen LogP contribution in [-0.2, 0) is 28.1 Å². The number of fused-ring (bicyclic) bond motifs is 1. The van der Waals surface area contributed by atoms with Crippen LogP contribution in [0.4, 0.5) is 0 Å². The molecule has 2 rings (SSSR count). The van der Waals surface area contributed by atoms with Gasteiger partial charge in [0.1, 0.15) is 4.75 Å². The van der Waals surface area contributed by atoms with Crippen molar-refractivity contribution in [3.05, 3.63) is 35.4 Å². The van der Waals surface area contributed by atoms with Crippen LogP contribution in [0, 0.1) is 0 Å². The van der Waals surface area contributed by atoms with Gasteiger partial charge < -0.3 is 9.66 Å². The average molecular weight is 295 g/mol. The normalized spacial score (nSPS) is 23.4. The molecule has 1 aromatic carbocycles. The van der Waals surface area contributed by atoms with Gasteiger partial charge >= 0.3 is 5.97 Å². The summed E-state index contributed by atoms with van der Waals surface area (Å²) >= 11 is -1.30. The zero-order valence-electron chi connectivity index (χ0n) is 12.1. The van der Waals surface area contributed by atoms with Crippen molar-refractivity contribution in [2.45, 2.75) is 50.3 Å². The fourth-order valence-corrected chi connectivity index (χ4v) is 3.55. The Morgan fingerprint density at radius 1 is 1.45 bits per heavy atom. The summed E-state index contributed by atoms with van der Waals surface area (Å²) in [7, 11) is 0. The van der Waals surface area contributed by atoms with Crippen molar-refractivity contribution in [3.8, 4) is 0 Å². The molecular weight excluding hydrogens is 274 g/mol. The standard InChI is InChI=1S/C15H21NO3S/c1-14(2,3)20(19)16-15(10-13(17)18)9-8-11-6-4-5-7-12(11)15/h4-7,16H,8-10H2,1-3H3,(H,17,18)/t15-,20+/m0/s1. The maximum absolute atomic E-state index is 12.4. The first-order valence-corrected chi connectivity index (χ1v) is 7.89. The second-order valence-electron chi connectivity index (χ2n) is 6.29. The van der Waals surface area contributed by atoms with E-state index in [4.69, 9.17) is 0 Å². The van der Waals surface area contributed by atoms with Gasteiger partial charge in [0, 0.05) is 11.4 Å². The Kier molecular flexibility index (Phi) is 4.14. The molecule has 0 heterocycles. The summed E-state index contributed by atoms with van der Waals surface area (Å²) in [6, 6.07) is 7.82. The van der Waals surface area contributed by atoms with Gasteiger partial charge in [0.25, 0.3) is 0 Å². The van der Waals surface area contributed by atoms with Crippen molar-refractivity contribution in [2.75, 3.05) is 0 Å². The number of benzene rings is 1. The third kappa shape index (κ3) is 3.00. The first kappa shape index (κ1) is 15.4. The van der Waals surface area contributed by atoms with Crippen LogP contribution >= 0.6 is 0 Å². The fourth-order valence-electron chi connectivity index (χ4n) is 2.60. The van der Waals surface area contributed by atoms with Crippen LogP contribution < -0.4 is 4.72 Å². The quantitative estimate of drug-likeness (QED) is 0.836. The number of nitrogens with one attached hydrogen (secondary N) is 1. The van der Waals surface area contributed by atoms with Crippen molar-refractivity contribution in [3.63, 3.8) is 0 Å². The molecule has 1 aromatic rings. The zero-order chi connectivity index (χ0) is 15.0. The number of carbonyl (C=O) groups is 1. The Bertz CT molecular complexity index is 512. The monoisotopic (exact) mass is 295 g/mol. The smallest absolute Gasteiger partial charge is 0.305 e. The zero-order valence-corrected chi connectivity index (χ0v) is 12.9. The highest BCUT2D eigenvalue weighted by molar-refractivity contribution is 7.90. The molecule has 0 unspecified atom stereocenters. The SMILES string of the molecule is CC(C)(C)[S@@+]([O-])N[C@]1(CC(=O)O)CCc2ccccc21. The van der Waals surface area contributed by atoms with E-state index in [9.17, 15) is 14.5 Å². The van der Waals surface area contributed by atoms with E-state index in [1.165, 1.54) is 0 Å². The molecule has 0 aliphatic heterocycles. The van der Waals surface area contributed by atoms with Crippen LogP contribution in [0.15, 0.2) is 24.3 Å². The molecule has 20 heavy (non-hydrogen) atoms. The lowest BCUT2D eigenvalue weighted by Gasteiger charge is -2.34. The van der Waals surface area contributed by atoms with Crippen LogP contribution in [0.5, 0.6) is 0 Å². The highest BCUT2D eigenvalue weighted by Gasteiger charge is 2.46. The lowest BCUT2D eigenvalue weighted by molar-refractivity contribution is -0.138. The molecule has 2 N–H and O–H groups in total. The van der Waals surface area contributed by atoms with Gasteiger partial charge in [-0.25, -0.2) is 0 Å². The van der Waals surface area contributed by atoms with Gasteiger partial charge in [-0.15, -0.1) is 4.72 Å². The number of hydrogen-bond acceptors (Lipinski definition) is 3. The van der Waals surface area contributed by atoms with Gasteiger partial charge in [0.15, 0.2) is 0 Å². The highest BCUT2D eigenvalue weighted by Crippen LogP contribution is 2.40. The Morgan fingerprint density at radius 3 is 2.70 bits per heavy atom. The number of carboxylic acid groups (broad SMARTS) is 1. The van der Waals surface area contributed by atoms with Crippen molar-refractivity contribution < 1.29 is 14.5 Å². The molecule has 110 valence electrons. The van der Waals surface area contributed by atoms with Crippen LogP contribution in [0.3, 0.4) is 0 Å². The maximum atomic E-state index is 12.4. The fraction of sp³-hybridized carbons (Fsp3) is 0.533.